The van der Waals surface area contributed by atoms with Gasteiger partial charge in [0.1, 0.15) is 0 Å². The summed E-state index contributed by atoms with van der Waals surface area (Å²) in [5.74, 6) is 0.838. The molecule has 1 aliphatic rings. The maximum Gasteiger partial charge on any atom is 0.0713 e. The van der Waals surface area contributed by atoms with Crippen LogP contribution in [-0.4, -0.2) is 13.2 Å². The molecule has 0 saturated heterocycles. The van der Waals surface area contributed by atoms with Gasteiger partial charge in [-0.1, -0.05) is 38.3 Å². The van der Waals surface area contributed by atoms with Gasteiger partial charge < -0.3 is 10.1 Å². The van der Waals surface area contributed by atoms with Gasteiger partial charge in [-0.25, -0.2) is 0 Å². The zero-order valence-corrected chi connectivity index (χ0v) is 11.6. The number of nitrogens with one attached hydrogen (secondary N) is 1. The second-order valence-corrected chi connectivity index (χ2v) is 5.34. The molecule has 0 aromatic heterocycles. The van der Waals surface area contributed by atoms with Crippen molar-refractivity contribution in [2.45, 2.75) is 51.7 Å². The summed E-state index contributed by atoms with van der Waals surface area (Å²) in [6.07, 6.45) is 6.75. The van der Waals surface area contributed by atoms with E-state index in [-0.39, 0.29) is 0 Å². The minimum atomic E-state index is 0.654. The summed E-state index contributed by atoms with van der Waals surface area (Å²) in [5, 5.41) is 3.73. The molecular weight excluding hydrogens is 222 g/mol. The quantitative estimate of drug-likeness (QED) is 0.841. The highest BCUT2D eigenvalue weighted by Crippen LogP contribution is 2.29. The van der Waals surface area contributed by atoms with Crippen LogP contribution >= 0.6 is 0 Å². The Balaban J connectivity index is 2.00. The van der Waals surface area contributed by atoms with E-state index in [4.69, 9.17) is 4.74 Å². The lowest BCUT2D eigenvalue weighted by Gasteiger charge is -2.32. The van der Waals surface area contributed by atoms with E-state index in [1.54, 1.807) is 7.11 Å². The lowest BCUT2D eigenvalue weighted by Crippen LogP contribution is -2.31. The Hall–Kier alpha value is -1.02. The van der Waals surface area contributed by atoms with Crippen LogP contribution in [-0.2, 0) is 11.3 Å². The van der Waals surface area contributed by atoms with Gasteiger partial charge >= 0.3 is 0 Å². The predicted molar refractivity (Wildman–Crippen MR) is 76.8 cm³/mol. The van der Waals surface area contributed by atoms with Crippen LogP contribution in [0.25, 0.3) is 0 Å². The maximum atomic E-state index is 5.19. The van der Waals surface area contributed by atoms with Gasteiger partial charge in [-0.2, -0.15) is 0 Å². The first-order chi connectivity index (χ1) is 8.83. The smallest absolute Gasteiger partial charge is 0.0713 e. The topological polar surface area (TPSA) is 21.3 Å². The van der Waals surface area contributed by atoms with Gasteiger partial charge in [0, 0.05) is 18.8 Å². The molecule has 1 N–H and O–H groups in total. The molecule has 1 saturated carbocycles. The Labute approximate surface area is 111 Å². The van der Waals surface area contributed by atoms with Gasteiger partial charge in [0.05, 0.1) is 6.61 Å². The van der Waals surface area contributed by atoms with Crippen LogP contribution in [0.15, 0.2) is 24.3 Å². The highest BCUT2D eigenvalue weighted by molar-refractivity contribution is 5.46. The minimum absolute atomic E-state index is 0.654. The zero-order valence-electron chi connectivity index (χ0n) is 11.6. The van der Waals surface area contributed by atoms with E-state index in [1.165, 1.54) is 43.4 Å². The van der Waals surface area contributed by atoms with Gasteiger partial charge in [-0.3, -0.25) is 0 Å². The van der Waals surface area contributed by atoms with Crippen molar-refractivity contribution in [1.29, 1.82) is 0 Å². The van der Waals surface area contributed by atoms with Crippen molar-refractivity contribution in [3.63, 3.8) is 0 Å². The molecule has 2 unspecified atom stereocenters. The van der Waals surface area contributed by atoms with Gasteiger partial charge in [-0.05, 0) is 36.5 Å². The number of hydrogen-bond acceptors (Lipinski definition) is 2. The van der Waals surface area contributed by atoms with Crippen molar-refractivity contribution >= 4 is 5.69 Å². The SMILES string of the molecule is CCC1CCCCC1Nc1cccc(COC)c1. The number of rotatable bonds is 5. The van der Waals surface area contributed by atoms with E-state index in [1.807, 2.05) is 0 Å². The maximum absolute atomic E-state index is 5.19. The van der Waals surface area contributed by atoms with Crippen LogP contribution in [0, 0.1) is 5.92 Å². The Morgan fingerprint density at radius 3 is 2.89 bits per heavy atom. The van der Waals surface area contributed by atoms with Gasteiger partial charge in [-0.15, -0.1) is 0 Å². The first-order valence-electron chi connectivity index (χ1n) is 7.18. The second-order valence-electron chi connectivity index (χ2n) is 5.34. The van der Waals surface area contributed by atoms with E-state index in [0.717, 1.165) is 5.92 Å². The predicted octanol–water partition coefficient (Wildman–Crippen LogP) is 4.21. The first kappa shape index (κ1) is 13.4. The van der Waals surface area contributed by atoms with Crippen molar-refractivity contribution in [1.82, 2.24) is 0 Å². The first-order valence-corrected chi connectivity index (χ1v) is 7.18. The average molecular weight is 247 g/mol. The molecule has 2 nitrogen and oxygen atoms in total. The van der Waals surface area contributed by atoms with Crippen LogP contribution in [0.3, 0.4) is 0 Å². The van der Waals surface area contributed by atoms with Crippen LogP contribution < -0.4 is 5.32 Å². The van der Waals surface area contributed by atoms with Crippen molar-refractivity contribution in [2.24, 2.45) is 5.92 Å². The van der Waals surface area contributed by atoms with Crippen molar-refractivity contribution < 1.29 is 4.74 Å². The van der Waals surface area contributed by atoms with Crippen LogP contribution in [0.5, 0.6) is 0 Å². The molecule has 100 valence electrons. The standard InChI is InChI=1S/C16H25NO/c1-3-14-8-4-5-10-16(14)17-15-9-6-7-13(11-15)12-18-2/h6-7,9,11,14,16-17H,3-5,8,10,12H2,1-2H3. The van der Waals surface area contributed by atoms with Crippen LogP contribution in [0.2, 0.25) is 0 Å². The molecule has 0 spiro atoms. The van der Waals surface area contributed by atoms with Gasteiger partial charge in [0.2, 0.25) is 0 Å². The van der Waals surface area contributed by atoms with E-state index in [0.29, 0.717) is 12.6 Å². The largest absolute Gasteiger partial charge is 0.382 e. The van der Waals surface area contributed by atoms with E-state index < -0.39 is 0 Å². The minimum Gasteiger partial charge on any atom is -0.382 e. The third kappa shape index (κ3) is 3.49. The molecular formula is C16H25NO. The van der Waals surface area contributed by atoms with Crippen molar-refractivity contribution in [3.05, 3.63) is 29.8 Å². The molecule has 18 heavy (non-hydrogen) atoms. The molecule has 1 fully saturated rings. The summed E-state index contributed by atoms with van der Waals surface area (Å²) in [5.41, 5.74) is 2.49. The van der Waals surface area contributed by atoms with Crippen molar-refractivity contribution in [3.8, 4) is 0 Å². The molecule has 0 aliphatic heterocycles. The normalized spacial score (nSPS) is 23.9. The number of methoxy groups -OCH3 is 1. The molecule has 2 rings (SSSR count). The highest BCUT2D eigenvalue weighted by Gasteiger charge is 2.23. The van der Waals surface area contributed by atoms with E-state index in [9.17, 15) is 0 Å². The lowest BCUT2D eigenvalue weighted by atomic mass is 9.83. The molecule has 1 aromatic rings. The Bertz CT molecular complexity index is 364. The molecule has 0 amide bonds. The Morgan fingerprint density at radius 2 is 2.11 bits per heavy atom. The summed E-state index contributed by atoms with van der Waals surface area (Å²) in [6.45, 7) is 3.00. The third-order valence-corrected chi connectivity index (χ3v) is 4.02. The third-order valence-electron chi connectivity index (χ3n) is 4.02. The molecule has 0 radical (unpaired) electrons. The Kier molecular flexibility index (Phi) is 5.06. The fraction of sp³-hybridized carbons (Fsp3) is 0.625. The molecule has 0 heterocycles. The lowest BCUT2D eigenvalue weighted by molar-refractivity contribution is 0.185. The Morgan fingerprint density at radius 1 is 1.28 bits per heavy atom. The fourth-order valence-corrected chi connectivity index (χ4v) is 3.02. The van der Waals surface area contributed by atoms with Crippen LogP contribution in [0.1, 0.15) is 44.6 Å². The average Bonchev–Trinajstić information content (AvgIpc) is 2.40. The van der Waals surface area contributed by atoms with E-state index >= 15 is 0 Å². The van der Waals surface area contributed by atoms with Gasteiger partial charge in [0.25, 0.3) is 0 Å². The van der Waals surface area contributed by atoms with Gasteiger partial charge in [0.15, 0.2) is 0 Å². The summed E-state index contributed by atoms with van der Waals surface area (Å²) >= 11 is 0. The zero-order chi connectivity index (χ0) is 12.8. The highest BCUT2D eigenvalue weighted by atomic mass is 16.5. The van der Waals surface area contributed by atoms with Crippen LogP contribution in [0.4, 0.5) is 5.69 Å². The number of anilines is 1. The summed E-state index contributed by atoms with van der Waals surface area (Å²) in [7, 11) is 1.74. The fourth-order valence-electron chi connectivity index (χ4n) is 3.02. The number of hydrogen-bond donors (Lipinski definition) is 1. The second kappa shape index (κ2) is 6.79. The number of benzene rings is 1. The summed E-state index contributed by atoms with van der Waals surface area (Å²) in [6, 6.07) is 9.26. The van der Waals surface area contributed by atoms with E-state index in [2.05, 4.69) is 36.5 Å². The summed E-state index contributed by atoms with van der Waals surface area (Å²) in [4.78, 5) is 0. The molecule has 1 aromatic carbocycles. The summed E-state index contributed by atoms with van der Waals surface area (Å²) < 4.78 is 5.19. The monoisotopic (exact) mass is 247 g/mol. The molecule has 1 aliphatic carbocycles. The number of ether oxygens (including phenoxy) is 1. The molecule has 0 bridgehead atoms. The molecule has 2 heteroatoms. The molecule has 2 atom stereocenters. The van der Waals surface area contributed by atoms with Crippen molar-refractivity contribution in [2.75, 3.05) is 12.4 Å².